The summed E-state index contributed by atoms with van der Waals surface area (Å²) < 4.78 is 29.9. The van der Waals surface area contributed by atoms with E-state index in [9.17, 15) is 13.2 Å². The molecule has 2 rings (SSSR count). The largest absolute Gasteiger partial charge is 0.481 e. The van der Waals surface area contributed by atoms with Crippen molar-refractivity contribution < 1.29 is 17.9 Å². The number of para-hydroxylation sites is 1. The average Bonchev–Trinajstić information content (AvgIpc) is 2.61. The standard InChI is InChI=1S/C18H22N2O4S2/c1-13(18(21)19-16-7-5-6-8-17(16)25-3)24-15-11-9-14(10-12-15)20(2)26(4,22)23/h5-13H,1-4H3,(H,19,21)/t13-/m1/s1. The van der Waals surface area contributed by atoms with Gasteiger partial charge in [-0.1, -0.05) is 12.1 Å². The minimum Gasteiger partial charge on any atom is -0.481 e. The quantitative estimate of drug-likeness (QED) is 0.730. The van der Waals surface area contributed by atoms with Gasteiger partial charge in [0.15, 0.2) is 6.10 Å². The van der Waals surface area contributed by atoms with Crippen LogP contribution in [0.3, 0.4) is 0 Å². The van der Waals surface area contributed by atoms with Gasteiger partial charge in [0, 0.05) is 11.9 Å². The fraction of sp³-hybridized carbons (Fsp3) is 0.278. The van der Waals surface area contributed by atoms with Gasteiger partial charge in [-0.15, -0.1) is 11.8 Å². The molecule has 1 N–H and O–H groups in total. The molecule has 0 saturated heterocycles. The molecule has 140 valence electrons. The molecule has 0 spiro atoms. The summed E-state index contributed by atoms with van der Waals surface area (Å²) in [6.07, 6.45) is 2.37. The number of carbonyl (C=O) groups excluding carboxylic acids is 1. The first-order chi connectivity index (χ1) is 12.2. The lowest BCUT2D eigenvalue weighted by atomic mass is 10.2. The minimum atomic E-state index is -3.32. The highest BCUT2D eigenvalue weighted by molar-refractivity contribution is 7.98. The number of sulfonamides is 1. The molecule has 2 aromatic carbocycles. The summed E-state index contributed by atoms with van der Waals surface area (Å²) in [6.45, 7) is 1.66. The van der Waals surface area contributed by atoms with E-state index >= 15 is 0 Å². The van der Waals surface area contributed by atoms with Crippen molar-refractivity contribution >= 4 is 39.1 Å². The van der Waals surface area contributed by atoms with Gasteiger partial charge in [-0.3, -0.25) is 9.10 Å². The van der Waals surface area contributed by atoms with E-state index in [4.69, 9.17) is 4.74 Å². The summed E-state index contributed by atoms with van der Waals surface area (Å²) in [7, 11) is -1.84. The smallest absolute Gasteiger partial charge is 0.265 e. The zero-order chi connectivity index (χ0) is 19.3. The molecular formula is C18H22N2O4S2. The molecular weight excluding hydrogens is 372 g/mol. The molecule has 0 radical (unpaired) electrons. The van der Waals surface area contributed by atoms with Gasteiger partial charge < -0.3 is 10.1 Å². The molecule has 26 heavy (non-hydrogen) atoms. The van der Waals surface area contributed by atoms with E-state index in [1.54, 1.807) is 43.0 Å². The maximum Gasteiger partial charge on any atom is 0.265 e. The first kappa shape index (κ1) is 20.1. The number of nitrogens with one attached hydrogen (secondary N) is 1. The molecule has 1 amide bonds. The Balaban J connectivity index is 2.03. The SMILES string of the molecule is CSc1ccccc1NC(=O)[C@@H](C)Oc1ccc(N(C)S(C)(=O)=O)cc1. The Morgan fingerprint density at radius 3 is 2.35 bits per heavy atom. The van der Waals surface area contributed by atoms with E-state index in [0.717, 1.165) is 16.8 Å². The number of amides is 1. The van der Waals surface area contributed by atoms with Gasteiger partial charge in [0.1, 0.15) is 5.75 Å². The second-order valence-corrected chi connectivity index (χ2v) is 8.54. The van der Waals surface area contributed by atoms with Crippen LogP contribution in [0.25, 0.3) is 0 Å². The van der Waals surface area contributed by atoms with Crippen LogP contribution in [0.2, 0.25) is 0 Å². The van der Waals surface area contributed by atoms with E-state index < -0.39 is 16.1 Å². The number of hydrogen-bond donors (Lipinski definition) is 1. The van der Waals surface area contributed by atoms with Crippen molar-refractivity contribution in [2.75, 3.05) is 29.2 Å². The lowest BCUT2D eigenvalue weighted by Crippen LogP contribution is -2.30. The van der Waals surface area contributed by atoms with E-state index in [1.165, 1.54) is 11.4 Å². The molecule has 2 aromatic rings. The molecule has 0 aromatic heterocycles. The first-order valence-corrected chi connectivity index (χ1v) is 10.9. The maximum atomic E-state index is 12.4. The van der Waals surface area contributed by atoms with Crippen LogP contribution in [0, 0.1) is 0 Å². The Labute approximate surface area is 158 Å². The van der Waals surface area contributed by atoms with Gasteiger partial charge in [-0.25, -0.2) is 8.42 Å². The zero-order valence-corrected chi connectivity index (χ0v) is 16.7. The Morgan fingerprint density at radius 2 is 1.77 bits per heavy atom. The topological polar surface area (TPSA) is 75.7 Å². The number of hydrogen-bond acceptors (Lipinski definition) is 5. The highest BCUT2D eigenvalue weighted by Crippen LogP contribution is 2.25. The van der Waals surface area contributed by atoms with Crippen LogP contribution >= 0.6 is 11.8 Å². The van der Waals surface area contributed by atoms with E-state index in [2.05, 4.69) is 5.32 Å². The van der Waals surface area contributed by atoms with Crippen LogP contribution in [-0.2, 0) is 14.8 Å². The lowest BCUT2D eigenvalue weighted by Gasteiger charge is -2.18. The molecule has 0 bridgehead atoms. The van der Waals surface area contributed by atoms with Gasteiger partial charge in [0.05, 0.1) is 17.6 Å². The van der Waals surface area contributed by atoms with Crippen molar-refractivity contribution in [1.29, 1.82) is 0 Å². The molecule has 0 fully saturated rings. The molecule has 0 heterocycles. The molecule has 0 aliphatic carbocycles. The molecule has 0 unspecified atom stereocenters. The van der Waals surface area contributed by atoms with Crippen molar-refractivity contribution in [3.63, 3.8) is 0 Å². The maximum absolute atomic E-state index is 12.4. The number of anilines is 2. The lowest BCUT2D eigenvalue weighted by molar-refractivity contribution is -0.122. The van der Waals surface area contributed by atoms with E-state index in [-0.39, 0.29) is 5.91 Å². The summed E-state index contributed by atoms with van der Waals surface area (Å²) >= 11 is 1.55. The van der Waals surface area contributed by atoms with Gasteiger partial charge in [-0.2, -0.15) is 0 Å². The van der Waals surface area contributed by atoms with E-state index in [0.29, 0.717) is 11.4 Å². The fourth-order valence-electron chi connectivity index (χ4n) is 2.17. The van der Waals surface area contributed by atoms with Crippen molar-refractivity contribution in [2.24, 2.45) is 0 Å². The van der Waals surface area contributed by atoms with Crippen LogP contribution in [0.4, 0.5) is 11.4 Å². The van der Waals surface area contributed by atoms with Gasteiger partial charge in [0.25, 0.3) is 5.91 Å². The number of rotatable bonds is 7. The molecule has 0 aliphatic rings. The predicted octanol–water partition coefficient (Wildman–Crippen LogP) is 3.21. The number of ether oxygens (including phenoxy) is 1. The number of nitrogens with zero attached hydrogens (tertiary/aromatic N) is 1. The number of benzene rings is 2. The third-order valence-electron chi connectivity index (χ3n) is 3.74. The molecule has 8 heteroatoms. The monoisotopic (exact) mass is 394 g/mol. The Hall–Kier alpha value is -2.19. The molecule has 1 atom stereocenters. The highest BCUT2D eigenvalue weighted by Gasteiger charge is 2.17. The van der Waals surface area contributed by atoms with Crippen LogP contribution < -0.4 is 14.4 Å². The van der Waals surface area contributed by atoms with Crippen LogP contribution in [-0.4, -0.2) is 40.0 Å². The second kappa shape index (κ2) is 8.46. The Bertz CT molecular complexity index is 867. The van der Waals surface area contributed by atoms with Gasteiger partial charge >= 0.3 is 0 Å². The number of thioether (sulfide) groups is 1. The molecule has 0 aliphatic heterocycles. The predicted molar refractivity (Wildman–Crippen MR) is 107 cm³/mol. The third kappa shape index (κ3) is 5.15. The van der Waals surface area contributed by atoms with Crippen LogP contribution in [0.5, 0.6) is 5.75 Å². The summed E-state index contributed by atoms with van der Waals surface area (Å²) in [6, 6.07) is 14.1. The number of carbonyl (C=O) groups is 1. The third-order valence-corrected chi connectivity index (χ3v) is 5.75. The highest BCUT2D eigenvalue weighted by atomic mass is 32.2. The summed E-state index contributed by atoms with van der Waals surface area (Å²) in [4.78, 5) is 13.3. The Kier molecular flexibility index (Phi) is 6.55. The summed E-state index contributed by atoms with van der Waals surface area (Å²) in [5.41, 5.74) is 1.26. The average molecular weight is 395 g/mol. The van der Waals surface area contributed by atoms with E-state index in [1.807, 2.05) is 30.5 Å². The zero-order valence-electron chi connectivity index (χ0n) is 15.1. The van der Waals surface area contributed by atoms with Crippen LogP contribution in [0.1, 0.15) is 6.92 Å². The van der Waals surface area contributed by atoms with Crippen molar-refractivity contribution in [2.45, 2.75) is 17.9 Å². The van der Waals surface area contributed by atoms with Gasteiger partial charge in [0.2, 0.25) is 10.0 Å². The van der Waals surface area contributed by atoms with Crippen molar-refractivity contribution in [1.82, 2.24) is 0 Å². The fourth-order valence-corrected chi connectivity index (χ4v) is 3.22. The van der Waals surface area contributed by atoms with Crippen LogP contribution in [0.15, 0.2) is 53.4 Å². The first-order valence-electron chi connectivity index (χ1n) is 7.87. The normalized spacial score (nSPS) is 12.3. The van der Waals surface area contributed by atoms with Crippen molar-refractivity contribution in [3.8, 4) is 5.75 Å². The summed E-state index contributed by atoms with van der Waals surface area (Å²) in [5, 5.41) is 2.86. The summed E-state index contributed by atoms with van der Waals surface area (Å²) in [5.74, 6) is 0.222. The molecule has 0 saturated carbocycles. The second-order valence-electron chi connectivity index (χ2n) is 5.67. The van der Waals surface area contributed by atoms with Gasteiger partial charge in [-0.05, 0) is 49.6 Å². The molecule has 6 nitrogen and oxygen atoms in total. The minimum absolute atomic E-state index is 0.260. The van der Waals surface area contributed by atoms with Crippen molar-refractivity contribution in [3.05, 3.63) is 48.5 Å². The Morgan fingerprint density at radius 1 is 1.15 bits per heavy atom.